The Labute approximate surface area is 206 Å². The van der Waals surface area contributed by atoms with Crippen LogP contribution in [0.5, 0.6) is 11.5 Å². The molecule has 8 heteroatoms. The van der Waals surface area contributed by atoms with Gasteiger partial charge in [-0.1, -0.05) is 67.9 Å². The van der Waals surface area contributed by atoms with Gasteiger partial charge in [-0.15, -0.1) is 0 Å². The van der Waals surface area contributed by atoms with Crippen molar-refractivity contribution < 1.29 is 22.7 Å². The van der Waals surface area contributed by atoms with Crippen molar-refractivity contribution in [3.05, 3.63) is 90.0 Å². The molecule has 1 atom stereocenters. The number of rotatable bonds is 10. The highest BCUT2D eigenvalue weighted by Crippen LogP contribution is 2.35. The Morgan fingerprint density at radius 3 is 2.46 bits per heavy atom. The molecule has 0 saturated carbocycles. The van der Waals surface area contributed by atoms with Crippen molar-refractivity contribution in [3.63, 3.8) is 0 Å². The van der Waals surface area contributed by atoms with Gasteiger partial charge in [0.25, 0.3) is 5.91 Å². The van der Waals surface area contributed by atoms with Gasteiger partial charge in [0.05, 0.1) is 24.5 Å². The lowest BCUT2D eigenvalue weighted by Gasteiger charge is -2.34. The minimum atomic E-state index is -3.74. The van der Waals surface area contributed by atoms with Crippen LogP contribution in [0.2, 0.25) is 0 Å². The van der Waals surface area contributed by atoms with Crippen LogP contribution in [0.1, 0.15) is 24.5 Å². The van der Waals surface area contributed by atoms with Crippen molar-refractivity contribution in [1.29, 1.82) is 0 Å². The SMILES string of the molecule is CCCc1ccc(OCCNC(=O)[C@H]2CN(S(=O)(=O)Cc3ccccc3)c3ccccc3O2)cc1. The fourth-order valence-electron chi connectivity index (χ4n) is 3.96. The number of aryl methyl sites for hydroxylation is 1. The van der Waals surface area contributed by atoms with E-state index in [2.05, 4.69) is 12.2 Å². The predicted molar refractivity (Wildman–Crippen MR) is 136 cm³/mol. The molecule has 0 fully saturated rings. The molecular weight excluding hydrogens is 464 g/mol. The first-order valence-corrected chi connectivity index (χ1v) is 13.4. The van der Waals surface area contributed by atoms with Gasteiger partial charge in [0.1, 0.15) is 18.1 Å². The lowest BCUT2D eigenvalue weighted by Crippen LogP contribution is -2.51. The fraction of sp³-hybridized carbons (Fsp3) is 0.296. The molecule has 1 aliphatic heterocycles. The quantitative estimate of drug-likeness (QED) is 0.432. The molecule has 35 heavy (non-hydrogen) atoms. The molecule has 1 aliphatic rings. The van der Waals surface area contributed by atoms with E-state index in [4.69, 9.17) is 9.47 Å². The maximum Gasteiger partial charge on any atom is 0.263 e. The van der Waals surface area contributed by atoms with Crippen LogP contribution in [0.4, 0.5) is 5.69 Å². The molecular formula is C27H30N2O5S. The number of ether oxygens (including phenoxy) is 2. The molecule has 1 heterocycles. The van der Waals surface area contributed by atoms with E-state index >= 15 is 0 Å². The number of nitrogens with one attached hydrogen (secondary N) is 1. The van der Waals surface area contributed by atoms with Gasteiger partial charge in [-0.05, 0) is 41.8 Å². The average Bonchev–Trinajstić information content (AvgIpc) is 2.87. The van der Waals surface area contributed by atoms with E-state index in [9.17, 15) is 13.2 Å². The Bertz CT molecular complexity index is 1230. The Morgan fingerprint density at radius 1 is 1.00 bits per heavy atom. The van der Waals surface area contributed by atoms with Crippen molar-refractivity contribution in [3.8, 4) is 11.5 Å². The Hall–Kier alpha value is -3.52. The van der Waals surface area contributed by atoms with Crippen molar-refractivity contribution in [2.45, 2.75) is 31.6 Å². The first-order valence-electron chi connectivity index (χ1n) is 11.8. The second-order valence-corrected chi connectivity index (χ2v) is 10.3. The third-order valence-corrected chi connectivity index (χ3v) is 7.40. The third-order valence-electron chi connectivity index (χ3n) is 5.69. The fourth-order valence-corrected chi connectivity index (χ4v) is 5.55. The number of benzene rings is 3. The van der Waals surface area contributed by atoms with Crippen LogP contribution in [0, 0.1) is 0 Å². The normalized spacial score (nSPS) is 15.1. The summed E-state index contributed by atoms with van der Waals surface area (Å²) in [6, 6.07) is 23.8. The molecule has 0 spiro atoms. The molecule has 0 aliphatic carbocycles. The van der Waals surface area contributed by atoms with Gasteiger partial charge >= 0.3 is 0 Å². The van der Waals surface area contributed by atoms with E-state index < -0.39 is 16.1 Å². The molecule has 0 aromatic heterocycles. The number of sulfonamides is 1. The minimum Gasteiger partial charge on any atom is -0.492 e. The van der Waals surface area contributed by atoms with E-state index in [0.29, 0.717) is 17.0 Å². The van der Waals surface area contributed by atoms with Crippen LogP contribution >= 0.6 is 0 Å². The van der Waals surface area contributed by atoms with Crippen LogP contribution in [0.15, 0.2) is 78.9 Å². The first kappa shape index (κ1) is 24.6. The zero-order chi connectivity index (χ0) is 24.7. The zero-order valence-electron chi connectivity index (χ0n) is 19.7. The largest absolute Gasteiger partial charge is 0.492 e. The molecule has 0 bridgehead atoms. The van der Waals surface area contributed by atoms with Crippen LogP contribution in [-0.4, -0.2) is 40.1 Å². The van der Waals surface area contributed by atoms with E-state index in [1.807, 2.05) is 30.3 Å². The summed E-state index contributed by atoms with van der Waals surface area (Å²) in [5, 5.41) is 2.80. The highest BCUT2D eigenvalue weighted by molar-refractivity contribution is 7.92. The Morgan fingerprint density at radius 2 is 1.71 bits per heavy atom. The van der Waals surface area contributed by atoms with Gasteiger partial charge in [-0.2, -0.15) is 0 Å². The summed E-state index contributed by atoms with van der Waals surface area (Å²) < 4.78 is 39.4. The lowest BCUT2D eigenvalue weighted by molar-refractivity contribution is -0.127. The number of nitrogens with zero attached hydrogens (tertiary/aromatic N) is 1. The first-order chi connectivity index (χ1) is 17.0. The molecule has 0 saturated heterocycles. The molecule has 4 rings (SSSR count). The van der Waals surface area contributed by atoms with Gasteiger partial charge in [-0.25, -0.2) is 8.42 Å². The molecule has 3 aromatic carbocycles. The smallest absolute Gasteiger partial charge is 0.263 e. The van der Waals surface area contributed by atoms with Gasteiger partial charge in [0.15, 0.2) is 6.10 Å². The number of anilines is 1. The van der Waals surface area contributed by atoms with Crippen molar-refractivity contribution in [2.24, 2.45) is 0 Å². The molecule has 0 unspecified atom stereocenters. The summed E-state index contributed by atoms with van der Waals surface area (Å²) in [5.74, 6) is 0.543. The summed E-state index contributed by atoms with van der Waals surface area (Å²) in [7, 11) is -3.74. The molecule has 3 aromatic rings. The highest BCUT2D eigenvalue weighted by Gasteiger charge is 2.36. The molecule has 1 N–H and O–H groups in total. The van der Waals surface area contributed by atoms with Crippen LogP contribution < -0.4 is 19.1 Å². The van der Waals surface area contributed by atoms with Crippen molar-refractivity contribution in [1.82, 2.24) is 5.32 Å². The summed E-state index contributed by atoms with van der Waals surface area (Å²) in [6.45, 7) is 2.60. The summed E-state index contributed by atoms with van der Waals surface area (Å²) in [5.41, 5.74) is 2.37. The van der Waals surface area contributed by atoms with E-state index in [1.165, 1.54) is 9.87 Å². The summed E-state index contributed by atoms with van der Waals surface area (Å²) >= 11 is 0. The highest BCUT2D eigenvalue weighted by atomic mass is 32.2. The number of carbonyl (C=O) groups excluding carboxylic acids is 1. The Balaban J connectivity index is 1.37. The predicted octanol–water partition coefficient (Wildman–Crippen LogP) is 3.93. The van der Waals surface area contributed by atoms with Gasteiger partial charge in [0.2, 0.25) is 10.0 Å². The Kier molecular flexibility index (Phi) is 7.92. The number of amides is 1. The number of fused-ring (bicyclic) bond motifs is 1. The third kappa shape index (κ3) is 6.33. The zero-order valence-corrected chi connectivity index (χ0v) is 20.5. The average molecular weight is 495 g/mol. The van der Waals surface area contributed by atoms with E-state index in [1.54, 1.807) is 48.5 Å². The van der Waals surface area contributed by atoms with Crippen LogP contribution in [0.25, 0.3) is 0 Å². The molecule has 184 valence electrons. The van der Waals surface area contributed by atoms with E-state index in [-0.39, 0.29) is 31.4 Å². The van der Waals surface area contributed by atoms with Gasteiger partial charge < -0.3 is 14.8 Å². The second-order valence-electron chi connectivity index (χ2n) is 8.38. The number of hydrogen-bond donors (Lipinski definition) is 1. The topological polar surface area (TPSA) is 84.9 Å². The molecule has 7 nitrogen and oxygen atoms in total. The monoisotopic (exact) mass is 494 g/mol. The lowest BCUT2D eigenvalue weighted by atomic mass is 10.1. The van der Waals surface area contributed by atoms with Gasteiger partial charge in [0, 0.05) is 0 Å². The number of hydrogen-bond acceptors (Lipinski definition) is 5. The summed E-state index contributed by atoms with van der Waals surface area (Å²) in [6.07, 6.45) is 1.15. The molecule has 0 radical (unpaired) electrons. The maximum absolute atomic E-state index is 13.3. The second kappa shape index (κ2) is 11.3. The number of carbonyl (C=O) groups is 1. The maximum atomic E-state index is 13.3. The number of para-hydroxylation sites is 2. The van der Waals surface area contributed by atoms with E-state index in [0.717, 1.165) is 18.6 Å². The van der Waals surface area contributed by atoms with Crippen molar-refractivity contribution >= 4 is 21.6 Å². The molecule has 1 amide bonds. The van der Waals surface area contributed by atoms with Crippen LogP contribution in [0.3, 0.4) is 0 Å². The van der Waals surface area contributed by atoms with Gasteiger partial charge in [-0.3, -0.25) is 9.10 Å². The summed E-state index contributed by atoms with van der Waals surface area (Å²) in [4.78, 5) is 12.9. The standard InChI is InChI=1S/C27H30N2O5S/c1-2-8-21-13-15-23(16-14-21)33-18-17-28-27(30)26-19-29(24-11-6-7-12-25(24)34-26)35(31,32)20-22-9-4-3-5-10-22/h3-7,9-16,26H,2,8,17-20H2,1H3,(H,28,30)/t26-/m1/s1. The van der Waals surface area contributed by atoms with Crippen LogP contribution in [-0.2, 0) is 27.0 Å². The van der Waals surface area contributed by atoms with Crippen molar-refractivity contribution in [2.75, 3.05) is 24.0 Å². The minimum absolute atomic E-state index is 0.0994.